The van der Waals surface area contributed by atoms with Crippen molar-refractivity contribution in [3.8, 4) is 0 Å². The Morgan fingerprint density at radius 1 is 1.26 bits per heavy atom. The van der Waals surface area contributed by atoms with Gasteiger partial charge in [0.15, 0.2) is 0 Å². The first kappa shape index (κ1) is 17.1. The molecule has 0 amide bonds. The maximum Gasteiger partial charge on any atom is 0.309 e. The Kier molecular flexibility index (Phi) is 8.15. The van der Waals surface area contributed by atoms with Crippen molar-refractivity contribution in [3.63, 3.8) is 0 Å². The molecule has 0 N–H and O–H groups in total. The summed E-state index contributed by atoms with van der Waals surface area (Å²) in [6, 6.07) is -0.881. The average Bonchev–Trinajstić information content (AvgIpc) is 2.37. The summed E-state index contributed by atoms with van der Waals surface area (Å²) in [5, 5.41) is 10.9. The molecule has 0 aliphatic rings. The number of methoxy groups -OCH3 is 2. The minimum atomic E-state index is -0.881. The van der Waals surface area contributed by atoms with Crippen molar-refractivity contribution in [2.24, 2.45) is 5.92 Å². The monoisotopic (exact) mass is 273 g/mol. The Morgan fingerprint density at radius 2 is 1.84 bits per heavy atom. The molecule has 0 aliphatic heterocycles. The standard InChI is InChI=1S/C12H19NO6/c1-9(5-4-6-11(14)18-2)10(13(16)17)7-8-12(15)19-3/h4-5,9-10H,6-8H2,1-3H3/b5-4+. The molecule has 0 aliphatic carbocycles. The van der Waals surface area contributed by atoms with Gasteiger partial charge in [0.1, 0.15) is 0 Å². The highest BCUT2D eigenvalue weighted by atomic mass is 16.6. The molecule has 0 rings (SSSR count). The van der Waals surface area contributed by atoms with E-state index in [0.717, 1.165) is 0 Å². The maximum atomic E-state index is 11.0. The minimum Gasteiger partial charge on any atom is -0.469 e. The van der Waals surface area contributed by atoms with Crippen molar-refractivity contribution in [2.45, 2.75) is 32.2 Å². The Bertz CT molecular complexity index is 352. The molecule has 0 spiro atoms. The third-order valence-corrected chi connectivity index (χ3v) is 2.70. The van der Waals surface area contributed by atoms with Crippen molar-refractivity contribution < 1.29 is 24.0 Å². The van der Waals surface area contributed by atoms with Crippen LogP contribution in [-0.4, -0.2) is 37.1 Å². The molecule has 2 atom stereocenters. The first-order valence-corrected chi connectivity index (χ1v) is 5.86. The van der Waals surface area contributed by atoms with Crippen LogP contribution in [0.25, 0.3) is 0 Å². The molecule has 0 radical (unpaired) electrons. The van der Waals surface area contributed by atoms with E-state index in [-0.39, 0.29) is 25.2 Å². The van der Waals surface area contributed by atoms with E-state index in [4.69, 9.17) is 0 Å². The van der Waals surface area contributed by atoms with Gasteiger partial charge in [-0.3, -0.25) is 19.7 Å². The Hall–Kier alpha value is -1.92. The van der Waals surface area contributed by atoms with E-state index in [1.54, 1.807) is 13.0 Å². The zero-order chi connectivity index (χ0) is 14.8. The van der Waals surface area contributed by atoms with Gasteiger partial charge in [-0.1, -0.05) is 19.1 Å². The zero-order valence-corrected chi connectivity index (χ0v) is 11.3. The van der Waals surface area contributed by atoms with E-state index in [9.17, 15) is 19.7 Å². The lowest BCUT2D eigenvalue weighted by atomic mass is 9.97. The van der Waals surface area contributed by atoms with E-state index >= 15 is 0 Å². The molecule has 19 heavy (non-hydrogen) atoms. The highest BCUT2D eigenvalue weighted by Crippen LogP contribution is 2.15. The van der Waals surface area contributed by atoms with Gasteiger partial charge in [0.2, 0.25) is 6.04 Å². The summed E-state index contributed by atoms with van der Waals surface area (Å²) < 4.78 is 8.89. The van der Waals surface area contributed by atoms with Crippen LogP contribution in [0.5, 0.6) is 0 Å². The molecule has 0 saturated carbocycles. The Morgan fingerprint density at radius 3 is 2.32 bits per heavy atom. The van der Waals surface area contributed by atoms with Crippen LogP contribution in [0.3, 0.4) is 0 Å². The fourth-order valence-corrected chi connectivity index (χ4v) is 1.52. The highest BCUT2D eigenvalue weighted by molar-refractivity contribution is 5.70. The van der Waals surface area contributed by atoms with Gasteiger partial charge in [-0.2, -0.15) is 0 Å². The normalized spacial score (nSPS) is 13.8. The summed E-state index contributed by atoms with van der Waals surface area (Å²) in [6.07, 6.45) is 3.29. The molecule has 0 aromatic heterocycles. The van der Waals surface area contributed by atoms with Gasteiger partial charge in [0.05, 0.1) is 27.1 Å². The lowest BCUT2D eigenvalue weighted by molar-refractivity contribution is -0.529. The number of nitro groups is 1. The summed E-state index contributed by atoms with van der Waals surface area (Å²) in [7, 11) is 2.51. The van der Waals surface area contributed by atoms with Crippen LogP contribution >= 0.6 is 0 Å². The number of esters is 2. The zero-order valence-electron chi connectivity index (χ0n) is 11.3. The summed E-state index contributed by atoms with van der Waals surface area (Å²) in [5.74, 6) is -1.27. The first-order valence-electron chi connectivity index (χ1n) is 5.86. The van der Waals surface area contributed by atoms with E-state index in [0.29, 0.717) is 0 Å². The number of carbonyl (C=O) groups excluding carboxylic acids is 2. The van der Waals surface area contributed by atoms with E-state index in [1.807, 2.05) is 0 Å². The molecule has 0 saturated heterocycles. The molecule has 7 heteroatoms. The fraction of sp³-hybridized carbons (Fsp3) is 0.667. The summed E-state index contributed by atoms with van der Waals surface area (Å²) in [6.45, 7) is 1.67. The van der Waals surface area contributed by atoms with Crippen molar-refractivity contribution in [1.29, 1.82) is 0 Å². The van der Waals surface area contributed by atoms with Gasteiger partial charge in [-0.25, -0.2) is 0 Å². The largest absolute Gasteiger partial charge is 0.469 e. The molecule has 0 heterocycles. The molecule has 0 aromatic carbocycles. The molecule has 108 valence electrons. The van der Waals surface area contributed by atoms with Crippen LogP contribution in [0.1, 0.15) is 26.2 Å². The van der Waals surface area contributed by atoms with Gasteiger partial charge in [-0.15, -0.1) is 0 Å². The van der Waals surface area contributed by atoms with Crippen molar-refractivity contribution in [2.75, 3.05) is 14.2 Å². The van der Waals surface area contributed by atoms with Crippen molar-refractivity contribution >= 4 is 11.9 Å². The number of hydrogen-bond acceptors (Lipinski definition) is 6. The Labute approximate surface area is 111 Å². The van der Waals surface area contributed by atoms with Crippen LogP contribution in [0.4, 0.5) is 0 Å². The smallest absolute Gasteiger partial charge is 0.309 e. The third kappa shape index (κ3) is 7.17. The van der Waals surface area contributed by atoms with Gasteiger partial charge < -0.3 is 9.47 Å². The van der Waals surface area contributed by atoms with Gasteiger partial charge in [-0.05, 0) is 0 Å². The average molecular weight is 273 g/mol. The predicted octanol–water partition coefficient (Wildman–Crippen LogP) is 1.34. The number of hydrogen-bond donors (Lipinski definition) is 0. The maximum absolute atomic E-state index is 11.0. The quantitative estimate of drug-likeness (QED) is 0.286. The van der Waals surface area contributed by atoms with Gasteiger partial charge in [0, 0.05) is 17.3 Å². The number of carbonyl (C=O) groups is 2. The topological polar surface area (TPSA) is 95.7 Å². The molecule has 0 bridgehead atoms. The number of ether oxygens (including phenoxy) is 2. The van der Waals surface area contributed by atoms with Crippen LogP contribution in [0, 0.1) is 16.0 Å². The molecular weight excluding hydrogens is 254 g/mol. The molecular formula is C12H19NO6. The molecule has 0 fully saturated rings. The van der Waals surface area contributed by atoms with Crippen LogP contribution in [-0.2, 0) is 19.1 Å². The SMILES string of the molecule is COC(=O)C/C=C/C(C)C(CCC(=O)OC)[N+](=O)[O-]. The van der Waals surface area contributed by atoms with E-state index in [2.05, 4.69) is 9.47 Å². The van der Waals surface area contributed by atoms with E-state index < -0.39 is 22.9 Å². The van der Waals surface area contributed by atoms with Crippen LogP contribution in [0.15, 0.2) is 12.2 Å². The second kappa shape index (κ2) is 9.07. The van der Waals surface area contributed by atoms with Crippen molar-refractivity contribution in [1.82, 2.24) is 0 Å². The van der Waals surface area contributed by atoms with Crippen LogP contribution in [0.2, 0.25) is 0 Å². The Balaban J connectivity index is 4.40. The fourth-order valence-electron chi connectivity index (χ4n) is 1.52. The summed E-state index contributed by atoms with van der Waals surface area (Å²) in [4.78, 5) is 32.4. The second-order valence-electron chi connectivity index (χ2n) is 4.04. The van der Waals surface area contributed by atoms with E-state index in [1.165, 1.54) is 20.3 Å². The summed E-state index contributed by atoms with van der Waals surface area (Å²) in [5.41, 5.74) is 0. The first-order chi connectivity index (χ1) is 8.92. The van der Waals surface area contributed by atoms with Gasteiger partial charge in [0.25, 0.3) is 0 Å². The summed E-state index contributed by atoms with van der Waals surface area (Å²) >= 11 is 0. The third-order valence-electron chi connectivity index (χ3n) is 2.70. The van der Waals surface area contributed by atoms with Gasteiger partial charge >= 0.3 is 11.9 Å². The molecule has 7 nitrogen and oxygen atoms in total. The second-order valence-corrected chi connectivity index (χ2v) is 4.04. The molecule has 0 aromatic rings. The lowest BCUT2D eigenvalue weighted by Gasteiger charge is -2.13. The highest BCUT2D eigenvalue weighted by Gasteiger charge is 2.26. The predicted molar refractivity (Wildman–Crippen MR) is 67.0 cm³/mol. The number of rotatable bonds is 8. The lowest BCUT2D eigenvalue weighted by Crippen LogP contribution is -2.27. The number of nitrogens with zero attached hydrogens (tertiary/aromatic N) is 1. The van der Waals surface area contributed by atoms with Crippen molar-refractivity contribution in [3.05, 3.63) is 22.3 Å². The molecule has 2 unspecified atom stereocenters. The minimum absolute atomic E-state index is 0.00265. The van der Waals surface area contributed by atoms with Crippen LogP contribution < -0.4 is 0 Å².